The van der Waals surface area contributed by atoms with Gasteiger partial charge in [0.1, 0.15) is 6.10 Å². The molecular formula is C30H59NO4. The average molecular weight is 498 g/mol. The number of amides is 1. The van der Waals surface area contributed by atoms with Crippen molar-refractivity contribution in [1.29, 1.82) is 0 Å². The van der Waals surface area contributed by atoms with E-state index in [2.05, 4.69) is 31.3 Å². The maximum Gasteiger partial charge on any atom is 0.220 e. The lowest BCUT2D eigenvalue weighted by molar-refractivity contribution is -0.124. The molecule has 0 saturated carbocycles. The van der Waals surface area contributed by atoms with E-state index in [1.807, 2.05) is 0 Å². The number of unbranched alkanes of at least 4 members (excludes halogenated alkanes) is 16. The summed E-state index contributed by atoms with van der Waals surface area (Å²) in [5.41, 5.74) is 0. The second kappa shape index (κ2) is 26.2. The summed E-state index contributed by atoms with van der Waals surface area (Å²) in [4.78, 5) is 12.2. The van der Waals surface area contributed by atoms with E-state index in [4.69, 9.17) is 0 Å². The molecule has 0 fully saturated rings. The van der Waals surface area contributed by atoms with Gasteiger partial charge in [0.15, 0.2) is 0 Å². The van der Waals surface area contributed by atoms with E-state index < -0.39 is 18.2 Å². The smallest absolute Gasteiger partial charge is 0.220 e. The van der Waals surface area contributed by atoms with Crippen molar-refractivity contribution in [2.45, 2.75) is 167 Å². The summed E-state index contributed by atoms with van der Waals surface area (Å²) in [5.74, 6) is -0.183. The van der Waals surface area contributed by atoms with E-state index in [0.29, 0.717) is 12.8 Å². The number of carbonyl (C=O) groups is 1. The zero-order valence-electron chi connectivity index (χ0n) is 23.2. The molecular weight excluding hydrogens is 438 g/mol. The van der Waals surface area contributed by atoms with Crippen LogP contribution in [0.15, 0.2) is 12.2 Å². The van der Waals surface area contributed by atoms with Crippen LogP contribution < -0.4 is 5.32 Å². The predicted molar refractivity (Wildman–Crippen MR) is 148 cm³/mol. The fraction of sp³-hybridized carbons (Fsp3) is 0.900. The molecule has 208 valence electrons. The van der Waals surface area contributed by atoms with Crippen molar-refractivity contribution in [3.63, 3.8) is 0 Å². The molecule has 0 spiro atoms. The highest BCUT2D eigenvalue weighted by molar-refractivity contribution is 5.76. The molecule has 0 rings (SSSR count). The van der Waals surface area contributed by atoms with Gasteiger partial charge in [0, 0.05) is 6.42 Å². The van der Waals surface area contributed by atoms with Crippen LogP contribution in [0, 0.1) is 0 Å². The minimum absolute atomic E-state index is 0.183. The van der Waals surface area contributed by atoms with Gasteiger partial charge in [0.05, 0.1) is 18.8 Å². The number of carbonyl (C=O) groups excluding carboxylic acids is 1. The molecule has 4 N–H and O–H groups in total. The Kier molecular flexibility index (Phi) is 25.5. The Morgan fingerprint density at radius 3 is 1.66 bits per heavy atom. The Balaban J connectivity index is 3.81. The highest BCUT2D eigenvalue weighted by Crippen LogP contribution is 2.15. The maximum absolute atomic E-state index is 12.2. The minimum atomic E-state index is -1.14. The number of hydrogen-bond acceptors (Lipinski definition) is 4. The molecule has 5 nitrogen and oxygen atoms in total. The number of aliphatic hydroxyl groups is 3. The van der Waals surface area contributed by atoms with Crippen LogP contribution in [0.25, 0.3) is 0 Å². The average Bonchev–Trinajstić information content (AvgIpc) is 2.86. The molecule has 0 radical (unpaired) electrons. The van der Waals surface area contributed by atoms with Gasteiger partial charge in [-0.2, -0.15) is 0 Å². The molecule has 0 aliphatic carbocycles. The Morgan fingerprint density at radius 1 is 0.686 bits per heavy atom. The van der Waals surface area contributed by atoms with Crippen LogP contribution in [0.1, 0.15) is 149 Å². The normalized spacial score (nSPS) is 14.3. The van der Waals surface area contributed by atoms with Crippen molar-refractivity contribution >= 4 is 5.91 Å². The molecule has 3 unspecified atom stereocenters. The summed E-state index contributed by atoms with van der Waals surface area (Å²) in [7, 11) is 0. The first-order valence-corrected chi connectivity index (χ1v) is 15.0. The van der Waals surface area contributed by atoms with Gasteiger partial charge in [0.25, 0.3) is 0 Å². The van der Waals surface area contributed by atoms with Crippen LogP contribution in [0.2, 0.25) is 0 Å². The summed E-state index contributed by atoms with van der Waals surface area (Å²) in [6, 6.07) is -0.816. The van der Waals surface area contributed by atoms with Gasteiger partial charge in [0.2, 0.25) is 5.91 Å². The molecule has 0 aromatic heterocycles. The van der Waals surface area contributed by atoms with E-state index in [-0.39, 0.29) is 12.5 Å². The minimum Gasteiger partial charge on any atom is -0.394 e. The van der Waals surface area contributed by atoms with Gasteiger partial charge in [-0.3, -0.25) is 4.79 Å². The van der Waals surface area contributed by atoms with Gasteiger partial charge >= 0.3 is 0 Å². The Hall–Kier alpha value is -0.910. The number of aliphatic hydroxyl groups excluding tert-OH is 3. The summed E-state index contributed by atoms with van der Waals surface area (Å²) < 4.78 is 0. The van der Waals surface area contributed by atoms with Crippen molar-refractivity contribution in [1.82, 2.24) is 5.32 Å². The van der Waals surface area contributed by atoms with Gasteiger partial charge in [-0.1, -0.05) is 122 Å². The van der Waals surface area contributed by atoms with Crippen molar-refractivity contribution in [3.05, 3.63) is 12.2 Å². The molecule has 0 aromatic carbocycles. The SMILES string of the molecule is CCCCCC/C=C\CCCC(=O)NC(CO)C(O)C(O)CCCCCCCCCCCCCC. The lowest BCUT2D eigenvalue weighted by atomic mass is 9.99. The third-order valence-corrected chi connectivity index (χ3v) is 6.87. The maximum atomic E-state index is 12.2. The van der Waals surface area contributed by atoms with E-state index in [9.17, 15) is 20.1 Å². The number of nitrogens with one attached hydrogen (secondary N) is 1. The monoisotopic (exact) mass is 497 g/mol. The lowest BCUT2D eigenvalue weighted by Crippen LogP contribution is -2.50. The van der Waals surface area contributed by atoms with Crippen LogP contribution in [0.4, 0.5) is 0 Å². The predicted octanol–water partition coefficient (Wildman–Crippen LogP) is 6.97. The Bertz CT molecular complexity index is 483. The topological polar surface area (TPSA) is 89.8 Å². The molecule has 0 aromatic rings. The third kappa shape index (κ3) is 22.0. The van der Waals surface area contributed by atoms with Crippen molar-refractivity contribution in [3.8, 4) is 0 Å². The Labute approximate surface area is 217 Å². The first-order valence-electron chi connectivity index (χ1n) is 15.0. The van der Waals surface area contributed by atoms with Crippen LogP contribution >= 0.6 is 0 Å². The molecule has 0 aliphatic heterocycles. The lowest BCUT2D eigenvalue weighted by Gasteiger charge is -2.26. The summed E-state index contributed by atoms with van der Waals surface area (Å²) in [6.45, 7) is 4.09. The van der Waals surface area contributed by atoms with Crippen LogP contribution in [0.3, 0.4) is 0 Å². The van der Waals surface area contributed by atoms with E-state index in [0.717, 1.165) is 38.5 Å². The quantitative estimate of drug-likeness (QED) is 0.0767. The van der Waals surface area contributed by atoms with E-state index >= 15 is 0 Å². The van der Waals surface area contributed by atoms with Crippen LogP contribution in [-0.2, 0) is 4.79 Å². The van der Waals surface area contributed by atoms with Crippen LogP contribution in [0.5, 0.6) is 0 Å². The molecule has 3 atom stereocenters. The highest BCUT2D eigenvalue weighted by Gasteiger charge is 2.26. The van der Waals surface area contributed by atoms with E-state index in [1.165, 1.54) is 83.5 Å². The Morgan fingerprint density at radius 2 is 1.14 bits per heavy atom. The number of rotatable bonds is 26. The second-order valence-corrected chi connectivity index (χ2v) is 10.3. The zero-order chi connectivity index (χ0) is 26.0. The molecule has 0 saturated heterocycles. The van der Waals surface area contributed by atoms with E-state index in [1.54, 1.807) is 0 Å². The number of hydrogen-bond donors (Lipinski definition) is 4. The molecule has 5 heteroatoms. The molecule has 35 heavy (non-hydrogen) atoms. The van der Waals surface area contributed by atoms with Crippen molar-refractivity contribution in [2.24, 2.45) is 0 Å². The standard InChI is InChI=1S/C30H59NO4/c1-3-5-7-9-11-13-14-15-17-18-20-22-24-28(33)30(35)27(26-32)31-29(34)25-23-21-19-16-12-10-8-6-4-2/h16,19,27-28,30,32-33,35H,3-15,17-18,20-26H2,1-2H3,(H,31,34)/b19-16-. The van der Waals surface area contributed by atoms with Gasteiger partial charge in [-0.15, -0.1) is 0 Å². The third-order valence-electron chi connectivity index (χ3n) is 6.87. The molecule has 0 heterocycles. The number of allylic oxidation sites excluding steroid dienone is 2. The first kappa shape index (κ1) is 34.1. The zero-order valence-corrected chi connectivity index (χ0v) is 23.2. The van der Waals surface area contributed by atoms with Gasteiger partial charge < -0.3 is 20.6 Å². The molecule has 0 bridgehead atoms. The fourth-order valence-electron chi connectivity index (χ4n) is 4.46. The summed E-state index contributed by atoms with van der Waals surface area (Å²) >= 11 is 0. The van der Waals surface area contributed by atoms with Crippen molar-refractivity contribution < 1.29 is 20.1 Å². The second-order valence-electron chi connectivity index (χ2n) is 10.3. The molecule has 0 aliphatic rings. The first-order chi connectivity index (χ1) is 17.1. The highest BCUT2D eigenvalue weighted by atomic mass is 16.3. The molecule has 1 amide bonds. The van der Waals surface area contributed by atoms with Crippen LogP contribution in [-0.4, -0.2) is 46.1 Å². The summed E-state index contributed by atoms with van der Waals surface area (Å²) in [6.07, 6.45) is 25.9. The fourth-order valence-corrected chi connectivity index (χ4v) is 4.46. The van der Waals surface area contributed by atoms with Gasteiger partial charge in [-0.25, -0.2) is 0 Å². The van der Waals surface area contributed by atoms with Gasteiger partial charge in [-0.05, 0) is 32.1 Å². The summed E-state index contributed by atoms with van der Waals surface area (Å²) in [5, 5.41) is 33.0. The van der Waals surface area contributed by atoms with Crippen molar-refractivity contribution in [2.75, 3.05) is 6.61 Å². The largest absolute Gasteiger partial charge is 0.394 e.